The number of rotatable bonds is 5. The van der Waals surface area contributed by atoms with Gasteiger partial charge in [-0.05, 0) is 36.6 Å². The van der Waals surface area contributed by atoms with Gasteiger partial charge >= 0.3 is 0 Å². The molecule has 1 aliphatic carbocycles. The van der Waals surface area contributed by atoms with E-state index >= 15 is 0 Å². The number of carbonyl (C=O) groups is 1. The molecule has 3 aromatic rings. The number of hydrogen-bond acceptors (Lipinski definition) is 4. The van der Waals surface area contributed by atoms with Crippen LogP contribution in [0.3, 0.4) is 0 Å². The van der Waals surface area contributed by atoms with Crippen molar-refractivity contribution in [1.82, 2.24) is 25.1 Å². The zero-order chi connectivity index (χ0) is 18.0. The van der Waals surface area contributed by atoms with E-state index in [4.69, 9.17) is 0 Å². The van der Waals surface area contributed by atoms with Crippen LogP contribution in [0.4, 0.5) is 0 Å². The Bertz CT molecular complexity index is 904. The molecule has 4 rings (SSSR count). The second-order valence-corrected chi connectivity index (χ2v) is 7.37. The highest BCUT2D eigenvalue weighted by Crippen LogP contribution is 2.44. The molecule has 1 saturated carbocycles. The third-order valence-electron chi connectivity index (χ3n) is 4.98. The second kappa shape index (κ2) is 6.99. The van der Waals surface area contributed by atoms with Crippen molar-refractivity contribution >= 4 is 21.8 Å². The minimum absolute atomic E-state index is 0.0689. The molecule has 0 unspecified atom stereocenters. The van der Waals surface area contributed by atoms with Gasteiger partial charge < -0.3 is 5.32 Å². The minimum atomic E-state index is -0.420. The number of halogens is 1. The maximum atomic E-state index is 13.0. The fourth-order valence-electron chi connectivity index (χ4n) is 3.38. The van der Waals surface area contributed by atoms with Crippen molar-refractivity contribution in [3.05, 3.63) is 70.8 Å². The molecule has 0 radical (unpaired) electrons. The molecule has 132 valence electrons. The van der Waals surface area contributed by atoms with Crippen molar-refractivity contribution in [2.45, 2.75) is 31.2 Å². The molecule has 0 atom stereocenters. The summed E-state index contributed by atoms with van der Waals surface area (Å²) in [6.45, 7) is 0.403. The normalized spacial score (nSPS) is 15.3. The van der Waals surface area contributed by atoms with Crippen molar-refractivity contribution < 1.29 is 4.79 Å². The molecule has 7 heteroatoms. The molecule has 0 spiro atoms. The number of nitrogens with one attached hydrogen (secondary N) is 1. The first-order chi connectivity index (χ1) is 12.7. The fraction of sp³-hybridized carbons (Fsp3) is 0.263. The molecule has 0 saturated heterocycles. The third kappa shape index (κ3) is 3.03. The third-order valence-corrected chi connectivity index (χ3v) is 5.51. The van der Waals surface area contributed by atoms with Gasteiger partial charge in [-0.2, -0.15) is 5.10 Å². The molecular weight excluding hydrogens is 394 g/mol. The highest BCUT2D eigenvalue weighted by Gasteiger charge is 2.45. The topological polar surface area (TPSA) is 72.7 Å². The first kappa shape index (κ1) is 16.9. The van der Waals surface area contributed by atoms with E-state index in [9.17, 15) is 4.79 Å². The smallest absolute Gasteiger partial charge is 0.230 e. The summed E-state index contributed by atoms with van der Waals surface area (Å²) < 4.78 is 2.62. The van der Waals surface area contributed by atoms with Crippen LogP contribution in [0.5, 0.6) is 0 Å². The molecule has 1 aromatic carbocycles. The number of amides is 1. The van der Waals surface area contributed by atoms with Crippen molar-refractivity contribution in [2.75, 3.05) is 0 Å². The summed E-state index contributed by atoms with van der Waals surface area (Å²) in [5.41, 5.74) is 1.56. The van der Waals surface area contributed by atoms with E-state index in [1.54, 1.807) is 17.2 Å². The van der Waals surface area contributed by atoms with Crippen LogP contribution in [0.15, 0.2) is 59.7 Å². The van der Waals surface area contributed by atoms with Gasteiger partial charge in [-0.25, -0.2) is 14.6 Å². The van der Waals surface area contributed by atoms with Gasteiger partial charge in [0.25, 0.3) is 0 Å². The Kier molecular flexibility index (Phi) is 4.55. The zero-order valence-corrected chi connectivity index (χ0v) is 15.7. The van der Waals surface area contributed by atoms with E-state index in [0.717, 1.165) is 34.9 Å². The quantitative estimate of drug-likeness (QED) is 0.699. The van der Waals surface area contributed by atoms with Gasteiger partial charge in [0.1, 0.15) is 12.7 Å². The fourth-order valence-corrected chi connectivity index (χ4v) is 3.65. The Morgan fingerprint density at radius 2 is 2.04 bits per heavy atom. The number of hydrogen-bond donors (Lipinski definition) is 1. The minimum Gasteiger partial charge on any atom is -0.351 e. The highest BCUT2D eigenvalue weighted by atomic mass is 79.9. The Morgan fingerprint density at radius 1 is 1.23 bits per heavy atom. The Balaban J connectivity index is 1.53. The van der Waals surface area contributed by atoms with Crippen LogP contribution in [0.2, 0.25) is 0 Å². The molecule has 6 nitrogen and oxygen atoms in total. The van der Waals surface area contributed by atoms with Gasteiger partial charge in [0.2, 0.25) is 5.91 Å². The predicted molar refractivity (Wildman–Crippen MR) is 101 cm³/mol. The molecule has 1 amide bonds. The summed E-state index contributed by atoms with van der Waals surface area (Å²) in [4.78, 5) is 21.4. The summed E-state index contributed by atoms with van der Waals surface area (Å²) >= 11 is 3.46. The number of aromatic nitrogens is 4. The van der Waals surface area contributed by atoms with E-state index in [1.807, 2.05) is 36.4 Å². The van der Waals surface area contributed by atoms with Crippen LogP contribution in [0, 0.1) is 0 Å². The summed E-state index contributed by atoms with van der Waals surface area (Å²) in [7, 11) is 0. The average Bonchev–Trinajstić information content (AvgIpc) is 3.15. The monoisotopic (exact) mass is 411 g/mol. The van der Waals surface area contributed by atoms with Gasteiger partial charge in [0.15, 0.2) is 5.82 Å². The van der Waals surface area contributed by atoms with Crippen LogP contribution < -0.4 is 5.32 Å². The SMILES string of the molecule is O=C(NCc1cccnc1-n1cncn1)C1(c2ccc(Br)cc2)CCC1. The molecule has 2 heterocycles. The van der Waals surface area contributed by atoms with Crippen molar-refractivity contribution in [2.24, 2.45) is 0 Å². The van der Waals surface area contributed by atoms with Crippen molar-refractivity contribution in [3.63, 3.8) is 0 Å². The van der Waals surface area contributed by atoms with Gasteiger partial charge in [-0.1, -0.05) is 40.5 Å². The van der Waals surface area contributed by atoms with E-state index in [2.05, 4.69) is 36.3 Å². The standard InChI is InChI=1S/C19H18BrN5O/c20-16-6-4-15(5-7-16)19(8-2-9-19)18(26)23-11-14-3-1-10-22-17(14)25-13-21-12-24-25/h1,3-7,10,12-13H,2,8-9,11H2,(H,23,26). The summed E-state index contributed by atoms with van der Waals surface area (Å²) in [6, 6.07) is 11.9. The van der Waals surface area contributed by atoms with Crippen LogP contribution >= 0.6 is 15.9 Å². The lowest BCUT2D eigenvalue weighted by molar-refractivity contribution is -0.130. The Labute approximate surface area is 159 Å². The van der Waals surface area contributed by atoms with Crippen LogP contribution in [0.25, 0.3) is 5.82 Å². The van der Waals surface area contributed by atoms with Crippen LogP contribution in [-0.4, -0.2) is 25.7 Å². The van der Waals surface area contributed by atoms with E-state index in [1.165, 1.54) is 6.33 Å². The first-order valence-corrected chi connectivity index (χ1v) is 9.32. The Morgan fingerprint density at radius 3 is 2.69 bits per heavy atom. The van der Waals surface area contributed by atoms with E-state index < -0.39 is 5.41 Å². The molecule has 26 heavy (non-hydrogen) atoms. The van der Waals surface area contributed by atoms with E-state index in [0.29, 0.717) is 12.4 Å². The average molecular weight is 412 g/mol. The summed E-state index contributed by atoms with van der Waals surface area (Å²) in [5, 5.41) is 7.24. The molecule has 2 aromatic heterocycles. The van der Waals surface area contributed by atoms with Gasteiger partial charge in [0, 0.05) is 22.8 Å². The first-order valence-electron chi connectivity index (χ1n) is 8.52. The van der Waals surface area contributed by atoms with Crippen LogP contribution in [-0.2, 0) is 16.8 Å². The van der Waals surface area contributed by atoms with Crippen LogP contribution in [0.1, 0.15) is 30.4 Å². The van der Waals surface area contributed by atoms with Gasteiger partial charge in [-0.3, -0.25) is 4.79 Å². The highest BCUT2D eigenvalue weighted by molar-refractivity contribution is 9.10. The number of nitrogens with zero attached hydrogens (tertiary/aromatic N) is 4. The maximum Gasteiger partial charge on any atom is 0.230 e. The number of benzene rings is 1. The maximum absolute atomic E-state index is 13.0. The lowest BCUT2D eigenvalue weighted by atomic mass is 9.64. The Hall–Kier alpha value is -2.54. The molecule has 0 bridgehead atoms. The van der Waals surface area contributed by atoms with Crippen molar-refractivity contribution in [1.29, 1.82) is 0 Å². The second-order valence-electron chi connectivity index (χ2n) is 6.45. The van der Waals surface area contributed by atoms with Crippen molar-refractivity contribution in [3.8, 4) is 5.82 Å². The molecule has 1 fully saturated rings. The zero-order valence-electron chi connectivity index (χ0n) is 14.1. The largest absolute Gasteiger partial charge is 0.351 e. The van der Waals surface area contributed by atoms with Gasteiger partial charge in [-0.15, -0.1) is 0 Å². The number of pyridine rings is 1. The molecule has 0 aliphatic heterocycles. The van der Waals surface area contributed by atoms with Gasteiger partial charge in [0.05, 0.1) is 5.41 Å². The summed E-state index contributed by atoms with van der Waals surface area (Å²) in [5.74, 6) is 0.746. The molecular formula is C19H18BrN5O. The number of carbonyl (C=O) groups excluding carboxylic acids is 1. The predicted octanol–water partition coefficient (Wildman–Crippen LogP) is 3.16. The lowest BCUT2D eigenvalue weighted by Crippen LogP contribution is -2.49. The molecule has 1 N–H and O–H groups in total. The van der Waals surface area contributed by atoms with E-state index in [-0.39, 0.29) is 5.91 Å². The lowest BCUT2D eigenvalue weighted by Gasteiger charge is -2.40. The molecule has 1 aliphatic rings. The summed E-state index contributed by atoms with van der Waals surface area (Å²) in [6.07, 6.45) is 7.60.